The minimum atomic E-state index is -0.408. The van der Waals surface area contributed by atoms with Crippen LogP contribution in [0.1, 0.15) is 11.1 Å². The second-order valence-electron chi connectivity index (χ2n) is 7.72. The van der Waals surface area contributed by atoms with E-state index in [9.17, 15) is 5.11 Å². The number of aliphatic hydroxyl groups excluding tert-OH is 1. The Hall–Kier alpha value is -2.12. The van der Waals surface area contributed by atoms with E-state index in [1.54, 1.807) is 4.90 Å². The van der Waals surface area contributed by atoms with E-state index in [1.165, 1.54) is 10.5 Å². The molecule has 0 amide bonds. The first-order valence-electron chi connectivity index (χ1n) is 10.1. The van der Waals surface area contributed by atoms with Crippen molar-refractivity contribution in [3.63, 3.8) is 0 Å². The first-order chi connectivity index (χ1) is 13.8. The van der Waals surface area contributed by atoms with E-state index in [1.807, 2.05) is 36.4 Å². The Labute approximate surface area is 166 Å². The molecule has 3 N–H and O–H groups in total. The van der Waals surface area contributed by atoms with Gasteiger partial charge in [-0.2, -0.15) is 0 Å². The van der Waals surface area contributed by atoms with Crippen molar-refractivity contribution < 1.29 is 29.1 Å². The van der Waals surface area contributed by atoms with Gasteiger partial charge >= 0.3 is 0 Å². The lowest BCUT2D eigenvalue weighted by Gasteiger charge is -2.30. The second-order valence-corrected chi connectivity index (χ2v) is 7.72. The smallest absolute Gasteiger partial charge is 0.231 e. The zero-order chi connectivity index (χ0) is 19.2. The van der Waals surface area contributed by atoms with Gasteiger partial charge in [0, 0.05) is 5.56 Å². The van der Waals surface area contributed by atoms with E-state index in [4.69, 9.17) is 14.2 Å². The highest BCUT2D eigenvalue weighted by Gasteiger charge is 2.25. The van der Waals surface area contributed by atoms with Crippen LogP contribution in [0.2, 0.25) is 0 Å². The van der Waals surface area contributed by atoms with Gasteiger partial charge in [-0.25, -0.2) is 0 Å². The first-order valence-corrected chi connectivity index (χ1v) is 10.1. The Morgan fingerprint density at radius 2 is 1.64 bits per heavy atom. The maximum absolute atomic E-state index is 10.3. The van der Waals surface area contributed by atoms with Gasteiger partial charge in [0.1, 0.15) is 45.4 Å². The molecule has 0 spiro atoms. The monoisotopic (exact) mass is 386 g/mol. The topological polar surface area (TPSA) is 56.8 Å². The molecule has 6 heteroatoms. The summed E-state index contributed by atoms with van der Waals surface area (Å²) in [4.78, 5) is 3.04. The van der Waals surface area contributed by atoms with Crippen LogP contribution in [-0.2, 0) is 17.9 Å². The highest BCUT2D eigenvalue weighted by atomic mass is 16.7. The Kier molecular flexibility index (Phi) is 6.44. The van der Waals surface area contributed by atoms with Crippen molar-refractivity contribution in [3.05, 3.63) is 59.7 Å². The van der Waals surface area contributed by atoms with Crippen LogP contribution < -0.4 is 19.3 Å². The molecule has 4 rings (SSSR count). The summed E-state index contributed by atoms with van der Waals surface area (Å²) < 4.78 is 16.5. The second kappa shape index (κ2) is 9.39. The molecule has 0 aromatic heterocycles. The number of fused-ring (bicyclic) bond motifs is 1. The Balaban J connectivity index is 1.15. The lowest BCUT2D eigenvalue weighted by molar-refractivity contribution is -1.02. The molecule has 1 atom stereocenters. The third-order valence-corrected chi connectivity index (χ3v) is 5.50. The molecule has 0 bridgehead atoms. The van der Waals surface area contributed by atoms with Crippen molar-refractivity contribution in [2.75, 3.05) is 46.1 Å². The first kappa shape index (κ1) is 19.2. The number of hydrogen-bond acceptors (Lipinski definition) is 4. The molecule has 2 aliphatic rings. The molecule has 0 saturated carbocycles. The van der Waals surface area contributed by atoms with Crippen LogP contribution in [0.15, 0.2) is 48.5 Å². The lowest BCUT2D eigenvalue weighted by Crippen LogP contribution is -3.28. The van der Waals surface area contributed by atoms with Crippen LogP contribution in [0.3, 0.4) is 0 Å². The Bertz CT molecular complexity index is 747. The Morgan fingerprint density at radius 1 is 0.893 bits per heavy atom. The molecule has 1 fully saturated rings. The van der Waals surface area contributed by atoms with E-state index < -0.39 is 6.10 Å². The molecular formula is C22H30N2O4+2. The quantitative estimate of drug-likeness (QED) is 0.560. The minimum Gasteiger partial charge on any atom is -0.454 e. The number of aliphatic hydroxyl groups is 1. The third-order valence-electron chi connectivity index (χ3n) is 5.50. The average Bonchev–Trinajstić information content (AvgIpc) is 3.18. The molecule has 2 aromatic carbocycles. The van der Waals surface area contributed by atoms with Gasteiger partial charge in [-0.05, 0) is 23.8 Å². The summed E-state index contributed by atoms with van der Waals surface area (Å²) in [6, 6.07) is 16.3. The summed E-state index contributed by atoms with van der Waals surface area (Å²) in [7, 11) is 0. The summed E-state index contributed by atoms with van der Waals surface area (Å²) in [5.74, 6) is 1.70. The zero-order valence-electron chi connectivity index (χ0n) is 16.2. The number of hydrogen-bond donors (Lipinski definition) is 3. The average molecular weight is 386 g/mol. The van der Waals surface area contributed by atoms with Crippen molar-refractivity contribution in [1.82, 2.24) is 0 Å². The number of quaternary nitrogens is 2. The number of benzene rings is 2. The van der Waals surface area contributed by atoms with Crippen LogP contribution >= 0.6 is 0 Å². The Morgan fingerprint density at radius 3 is 2.46 bits per heavy atom. The summed E-state index contributed by atoms with van der Waals surface area (Å²) in [5, 5.41) is 10.3. The maximum Gasteiger partial charge on any atom is 0.231 e. The fourth-order valence-electron chi connectivity index (χ4n) is 3.96. The molecule has 0 unspecified atom stereocenters. The van der Waals surface area contributed by atoms with Crippen molar-refractivity contribution in [3.8, 4) is 11.5 Å². The molecule has 6 nitrogen and oxygen atoms in total. The number of piperazine rings is 1. The molecule has 2 aliphatic heterocycles. The molecule has 0 radical (unpaired) electrons. The third kappa shape index (κ3) is 5.23. The number of rotatable bonds is 8. The van der Waals surface area contributed by atoms with Gasteiger partial charge in [0.15, 0.2) is 11.5 Å². The van der Waals surface area contributed by atoms with Gasteiger partial charge < -0.3 is 29.1 Å². The van der Waals surface area contributed by atoms with Gasteiger partial charge in [0.25, 0.3) is 0 Å². The van der Waals surface area contributed by atoms with Gasteiger partial charge in [-0.3, -0.25) is 0 Å². The van der Waals surface area contributed by atoms with Crippen LogP contribution in [0.25, 0.3) is 0 Å². The fourth-order valence-corrected chi connectivity index (χ4v) is 3.96. The fraction of sp³-hybridized carbons (Fsp3) is 0.455. The van der Waals surface area contributed by atoms with Crippen molar-refractivity contribution in [2.24, 2.45) is 0 Å². The van der Waals surface area contributed by atoms with Gasteiger partial charge in [-0.15, -0.1) is 0 Å². The predicted octanol–water partition coefficient (Wildman–Crippen LogP) is -0.724. The SMILES string of the molecule is O[C@@H](COCc1ccccc1)C[NH+]1CC[NH+](Cc2ccc3c(c2)OCO3)CC1. The summed E-state index contributed by atoms with van der Waals surface area (Å²) in [6.07, 6.45) is -0.408. The molecule has 2 aromatic rings. The largest absolute Gasteiger partial charge is 0.454 e. The maximum atomic E-state index is 10.3. The van der Waals surface area contributed by atoms with E-state index in [0.29, 0.717) is 20.0 Å². The highest BCUT2D eigenvalue weighted by Crippen LogP contribution is 2.32. The van der Waals surface area contributed by atoms with Crippen LogP contribution in [0.5, 0.6) is 11.5 Å². The van der Waals surface area contributed by atoms with Crippen molar-refractivity contribution >= 4 is 0 Å². The standard InChI is InChI=1S/C22H28N2O4/c25-20(16-26-15-18-4-2-1-3-5-18)14-24-10-8-23(9-11-24)13-19-6-7-21-22(12-19)28-17-27-21/h1-7,12,20,25H,8-11,13-17H2/p+2/t20-/m1/s1. The van der Waals surface area contributed by atoms with Crippen LogP contribution in [0, 0.1) is 0 Å². The molecule has 2 heterocycles. The van der Waals surface area contributed by atoms with Crippen LogP contribution in [-0.4, -0.2) is 57.3 Å². The van der Waals surface area contributed by atoms with Gasteiger partial charge in [-0.1, -0.05) is 30.3 Å². The van der Waals surface area contributed by atoms with E-state index in [2.05, 4.69) is 12.1 Å². The summed E-state index contributed by atoms with van der Waals surface area (Å²) in [6.45, 7) is 7.42. The highest BCUT2D eigenvalue weighted by molar-refractivity contribution is 5.44. The van der Waals surface area contributed by atoms with E-state index in [0.717, 1.165) is 56.3 Å². The molecule has 28 heavy (non-hydrogen) atoms. The van der Waals surface area contributed by atoms with E-state index >= 15 is 0 Å². The molecule has 1 saturated heterocycles. The van der Waals surface area contributed by atoms with Crippen molar-refractivity contribution in [2.45, 2.75) is 19.3 Å². The molecule has 0 aliphatic carbocycles. The zero-order valence-corrected chi connectivity index (χ0v) is 16.2. The molecular weight excluding hydrogens is 356 g/mol. The van der Waals surface area contributed by atoms with Crippen LogP contribution in [0.4, 0.5) is 0 Å². The predicted molar refractivity (Wildman–Crippen MR) is 105 cm³/mol. The minimum absolute atomic E-state index is 0.324. The molecule has 150 valence electrons. The summed E-state index contributed by atoms with van der Waals surface area (Å²) in [5.41, 5.74) is 2.43. The van der Waals surface area contributed by atoms with Crippen molar-refractivity contribution in [1.29, 1.82) is 0 Å². The number of ether oxygens (including phenoxy) is 3. The summed E-state index contributed by atoms with van der Waals surface area (Å²) >= 11 is 0. The lowest BCUT2D eigenvalue weighted by atomic mass is 10.1. The van der Waals surface area contributed by atoms with Gasteiger partial charge in [0.05, 0.1) is 13.2 Å². The van der Waals surface area contributed by atoms with Gasteiger partial charge in [0.2, 0.25) is 6.79 Å². The normalized spacial score (nSPS) is 22.2. The van der Waals surface area contributed by atoms with E-state index in [-0.39, 0.29) is 0 Å². The number of nitrogens with one attached hydrogen (secondary N) is 2.